The van der Waals surface area contributed by atoms with Gasteiger partial charge in [-0.2, -0.15) is 18.3 Å². The van der Waals surface area contributed by atoms with Crippen LogP contribution in [-0.2, 0) is 50.6 Å². The van der Waals surface area contributed by atoms with E-state index in [4.69, 9.17) is 14.5 Å². The smallest absolute Gasteiger partial charge is 0.419 e. The molecule has 0 saturated carbocycles. The third kappa shape index (κ3) is 5.28. The predicted octanol–water partition coefficient (Wildman–Crippen LogP) is 4.41. The highest BCUT2D eigenvalue weighted by Crippen LogP contribution is 2.40. The maximum Gasteiger partial charge on any atom is 0.419 e. The van der Waals surface area contributed by atoms with Crippen LogP contribution in [0.1, 0.15) is 44.9 Å². The van der Waals surface area contributed by atoms with Crippen LogP contribution in [0.15, 0.2) is 42.7 Å². The Hall–Kier alpha value is -3.90. The van der Waals surface area contributed by atoms with Crippen molar-refractivity contribution in [2.75, 3.05) is 13.2 Å². The predicted molar refractivity (Wildman–Crippen MR) is 138 cm³/mol. The largest absolute Gasteiger partial charge is 0.488 e. The number of ether oxygens (including phenoxy) is 2. The topological polar surface area (TPSA) is 94.6 Å². The van der Waals surface area contributed by atoms with Crippen molar-refractivity contribution in [1.82, 2.24) is 24.2 Å². The number of alkyl halides is 3. The Morgan fingerprint density at radius 1 is 1.23 bits per heavy atom. The molecule has 210 valence electrons. The second-order valence-corrected chi connectivity index (χ2v) is 10.3. The van der Waals surface area contributed by atoms with Crippen LogP contribution in [0.5, 0.6) is 5.75 Å². The summed E-state index contributed by atoms with van der Waals surface area (Å²) < 4.78 is 56.6. The Kier molecular flexibility index (Phi) is 6.75. The molecular weight excluding hydrogens is 527 g/mol. The maximum absolute atomic E-state index is 13.9. The summed E-state index contributed by atoms with van der Waals surface area (Å²) in [6.45, 7) is 2.67. The maximum atomic E-state index is 13.9. The molecule has 6 rings (SSSR count). The average Bonchev–Trinajstić information content (AvgIpc) is 3.45. The first-order valence-electron chi connectivity index (χ1n) is 13.0. The zero-order valence-corrected chi connectivity index (χ0v) is 21.8. The molecule has 1 atom stereocenters. The minimum atomic E-state index is -4.54. The summed E-state index contributed by atoms with van der Waals surface area (Å²) in [6.07, 6.45) is 0.127. The molecule has 2 aromatic heterocycles. The second kappa shape index (κ2) is 10.3. The monoisotopic (exact) mass is 555 g/mol. The summed E-state index contributed by atoms with van der Waals surface area (Å²) >= 11 is 0. The summed E-state index contributed by atoms with van der Waals surface area (Å²) in [6, 6.07) is 7.58. The molecule has 4 aromatic rings. The number of carboxylic acids is 1. The molecule has 0 spiro atoms. The number of hydrogen-bond donors (Lipinski definition) is 1. The van der Waals surface area contributed by atoms with E-state index in [1.54, 1.807) is 36.3 Å². The van der Waals surface area contributed by atoms with Crippen molar-refractivity contribution in [1.29, 1.82) is 0 Å². The molecule has 40 heavy (non-hydrogen) atoms. The molecule has 1 N–H and O–H groups in total. The highest BCUT2D eigenvalue weighted by Gasteiger charge is 2.36. The van der Waals surface area contributed by atoms with Crippen molar-refractivity contribution in [3.05, 3.63) is 76.4 Å². The molecule has 2 aromatic carbocycles. The van der Waals surface area contributed by atoms with Crippen molar-refractivity contribution < 1.29 is 32.5 Å². The van der Waals surface area contributed by atoms with Gasteiger partial charge in [-0.15, -0.1) is 0 Å². The fourth-order valence-corrected chi connectivity index (χ4v) is 5.29. The van der Waals surface area contributed by atoms with Gasteiger partial charge in [0.2, 0.25) is 0 Å². The van der Waals surface area contributed by atoms with Gasteiger partial charge in [-0.05, 0) is 54.3 Å². The molecule has 0 unspecified atom stereocenters. The van der Waals surface area contributed by atoms with E-state index in [1.165, 1.54) is 18.2 Å². The highest BCUT2D eigenvalue weighted by atomic mass is 19.4. The van der Waals surface area contributed by atoms with Crippen LogP contribution in [0.4, 0.5) is 13.2 Å². The molecule has 0 radical (unpaired) electrons. The summed E-state index contributed by atoms with van der Waals surface area (Å²) in [4.78, 5) is 18.5. The SMILES string of the molecule is Cn1cc(COc2cc3c(cc2C(F)(F)F)CCN(Cc2nc4ccc(C(=O)O)cc4n2C[C@@H]2CCO2)C3)cn1. The lowest BCUT2D eigenvalue weighted by Gasteiger charge is -2.31. The van der Waals surface area contributed by atoms with Gasteiger partial charge in [0, 0.05) is 38.5 Å². The number of aromatic carboxylic acids is 1. The zero-order chi connectivity index (χ0) is 28.0. The molecular formula is C28H28F3N5O4. The Balaban J connectivity index is 1.27. The number of carbonyl (C=O) groups is 1. The van der Waals surface area contributed by atoms with E-state index in [-0.39, 0.29) is 24.0 Å². The van der Waals surface area contributed by atoms with Crippen LogP contribution in [-0.4, -0.2) is 54.6 Å². The number of rotatable bonds is 8. The fourth-order valence-electron chi connectivity index (χ4n) is 5.29. The van der Waals surface area contributed by atoms with Crippen LogP contribution in [0.2, 0.25) is 0 Å². The highest BCUT2D eigenvalue weighted by molar-refractivity contribution is 5.92. The quantitative estimate of drug-likeness (QED) is 0.344. The van der Waals surface area contributed by atoms with E-state index in [2.05, 4.69) is 10.00 Å². The number of fused-ring (bicyclic) bond motifs is 2. The van der Waals surface area contributed by atoms with Crippen molar-refractivity contribution in [3.63, 3.8) is 0 Å². The van der Waals surface area contributed by atoms with Crippen molar-refractivity contribution >= 4 is 17.0 Å². The molecule has 2 aliphatic heterocycles. The van der Waals surface area contributed by atoms with Crippen molar-refractivity contribution in [2.24, 2.45) is 7.05 Å². The first-order valence-corrected chi connectivity index (χ1v) is 13.0. The molecule has 1 fully saturated rings. The molecule has 9 nitrogen and oxygen atoms in total. The number of benzene rings is 2. The minimum Gasteiger partial charge on any atom is -0.488 e. The number of aromatic nitrogens is 4. The molecule has 12 heteroatoms. The van der Waals surface area contributed by atoms with Crippen LogP contribution < -0.4 is 4.74 Å². The molecule has 0 bridgehead atoms. The van der Waals surface area contributed by atoms with E-state index >= 15 is 0 Å². The number of nitrogens with zero attached hydrogens (tertiary/aromatic N) is 5. The summed E-state index contributed by atoms with van der Waals surface area (Å²) in [7, 11) is 1.73. The van der Waals surface area contributed by atoms with Gasteiger partial charge in [0.15, 0.2) is 0 Å². The standard InChI is InChI=1S/C28H28F3N5O4/c1-34-12-17(11-32-34)16-40-25-10-20-13-35(6-4-18(20)8-22(25)28(29,30)31)15-26-33-23-3-2-19(27(37)38)9-24(23)36(26)14-21-5-7-39-21/h2-3,8-12,21H,4-7,13-16H2,1H3,(H,37,38)/t21-/m0/s1. The normalized spacial score (nSPS) is 17.6. The molecule has 0 aliphatic carbocycles. The van der Waals surface area contributed by atoms with Gasteiger partial charge in [0.1, 0.15) is 18.2 Å². The van der Waals surface area contributed by atoms with E-state index in [0.29, 0.717) is 55.9 Å². The van der Waals surface area contributed by atoms with E-state index in [9.17, 15) is 23.1 Å². The first kappa shape index (κ1) is 26.3. The lowest BCUT2D eigenvalue weighted by molar-refractivity contribution is -0.139. The summed E-state index contributed by atoms with van der Waals surface area (Å²) in [5.74, 6) is -0.451. The average molecular weight is 556 g/mol. The van der Waals surface area contributed by atoms with Gasteiger partial charge in [-0.25, -0.2) is 9.78 Å². The Morgan fingerprint density at radius 2 is 2.05 bits per heavy atom. The number of hydrogen-bond acceptors (Lipinski definition) is 6. The van der Waals surface area contributed by atoms with Crippen LogP contribution >= 0.6 is 0 Å². The Labute approximate surface area is 227 Å². The lowest BCUT2D eigenvalue weighted by atomic mass is 9.96. The first-order chi connectivity index (χ1) is 19.1. The zero-order valence-electron chi connectivity index (χ0n) is 21.8. The third-order valence-corrected chi connectivity index (χ3v) is 7.47. The molecule has 0 amide bonds. The van der Waals surface area contributed by atoms with Crippen molar-refractivity contribution in [3.8, 4) is 5.75 Å². The molecule has 4 heterocycles. The third-order valence-electron chi connectivity index (χ3n) is 7.47. The number of imidazole rings is 1. The van der Waals surface area contributed by atoms with Gasteiger partial charge in [0.05, 0.1) is 47.6 Å². The van der Waals surface area contributed by atoms with Crippen molar-refractivity contribution in [2.45, 2.75) is 51.4 Å². The summed E-state index contributed by atoms with van der Waals surface area (Å²) in [5.41, 5.74) is 2.93. The number of aryl methyl sites for hydroxylation is 1. The van der Waals surface area contributed by atoms with Gasteiger partial charge in [-0.1, -0.05) is 0 Å². The minimum absolute atomic E-state index is 0.0228. The van der Waals surface area contributed by atoms with Gasteiger partial charge < -0.3 is 19.1 Å². The van der Waals surface area contributed by atoms with E-state index < -0.39 is 17.7 Å². The van der Waals surface area contributed by atoms with Crippen LogP contribution in [0.3, 0.4) is 0 Å². The fraction of sp³-hybridized carbons (Fsp3) is 0.393. The molecule has 2 aliphatic rings. The lowest BCUT2D eigenvalue weighted by Crippen LogP contribution is -2.34. The number of carboxylic acid groups (broad SMARTS) is 1. The van der Waals surface area contributed by atoms with Crippen LogP contribution in [0, 0.1) is 0 Å². The van der Waals surface area contributed by atoms with E-state index in [1.807, 2.05) is 4.57 Å². The summed E-state index contributed by atoms with van der Waals surface area (Å²) in [5, 5.41) is 13.5. The van der Waals surface area contributed by atoms with E-state index in [0.717, 1.165) is 23.3 Å². The van der Waals surface area contributed by atoms with Gasteiger partial charge in [-0.3, -0.25) is 9.58 Å². The molecule has 1 saturated heterocycles. The second-order valence-electron chi connectivity index (χ2n) is 10.3. The van der Waals surface area contributed by atoms with Gasteiger partial charge >= 0.3 is 12.1 Å². The number of halogens is 3. The van der Waals surface area contributed by atoms with Gasteiger partial charge in [0.25, 0.3) is 0 Å². The van der Waals surface area contributed by atoms with Crippen LogP contribution in [0.25, 0.3) is 11.0 Å². The Morgan fingerprint density at radius 3 is 2.73 bits per heavy atom. The Bertz CT molecular complexity index is 1570.